The van der Waals surface area contributed by atoms with Crippen molar-refractivity contribution in [1.82, 2.24) is 0 Å². The fraction of sp³-hybridized carbons (Fsp3) is 0.476. The zero-order valence-electron chi connectivity index (χ0n) is 15.8. The molecule has 5 nitrogen and oxygen atoms in total. The Morgan fingerprint density at radius 1 is 1.23 bits per heavy atom. The van der Waals surface area contributed by atoms with Crippen molar-refractivity contribution in [2.45, 2.75) is 52.7 Å². The number of carbonyl (C=O) groups excluding carboxylic acids is 1. The third-order valence-electron chi connectivity index (χ3n) is 4.82. The van der Waals surface area contributed by atoms with Crippen molar-refractivity contribution in [2.24, 2.45) is 0 Å². The van der Waals surface area contributed by atoms with Crippen LogP contribution in [0.1, 0.15) is 52.3 Å². The van der Waals surface area contributed by atoms with Gasteiger partial charge < -0.3 is 19.2 Å². The van der Waals surface area contributed by atoms with Gasteiger partial charge in [0.15, 0.2) is 0 Å². The molecule has 0 saturated carbocycles. The van der Waals surface area contributed by atoms with E-state index in [0.717, 1.165) is 42.0 Å². The predicted molar refractivity (Wildman–Crippen MR) is 101 cm³/mol. The van der Waals surface area contributed by atoms with Gasteiger partial charge in [0.1, 0.15) is 11.5 Å². The maximum atomic E-state index is 12.6. The number of aryl methyl sites for hydroxylation is 2. The third kappa shape index (κ3) is 4.54. The van der Waals surface area contributed by atoms with Crippen LogP contribution in [0.3, 0.4) is 0 Å². The quantitative estimate of drug-likeness (QED) is 0.824. The second-order valence-electron chi connectivity index (χ2n) is 6.87. The predicted octanol–water partition coefficient (Wildman–Crippen LogP) is 4.54. The molecule has 1 saturated heterocycles. The molecular weight excluding hydrogens is 330 g/mol. The van der Waals surface area contributed by atoms with Gasteiger partial charge in [-0.3, -0.25) is 4.79 Å². The maximum Gasteiger partial charge on any atom is 0.259 e. The summed E-state index contributed by atoms with van der Waals surface area (Å²) in [7, 11) is 0. The molecule has 2 heterocycles. The van der Waals surface area contributed by atoms with Gasteiger partial charge in [-0.05, 0) is 57.7 Å². The van der Waals surface area contributed by atoms with Crippen LogP contribution in [-0.4, -0.2) is 25.2 Å². The molecule has 1 N–H and O–H groups in total. The standard InChI is InChI=1S/C21H27NO4/c1-14-15(2)26-16(3)20(14)21(23)22-18-8-6-7-17(11-18)12-24-13-19-9-4-5-10-25-19/h6-8,11,19H,4-5,9-10,12-13H2,1-3H3,(H,22,23). The van der Waals surface area contributed by atoms with E-state index in [4.69, 9.17) is 13.9 Å². The molecule has 0 spiro atoms. The van der Waals surface area contributed by atoms with Gasteiger partial charge in [0.05, 0.1) is 24.9 Å². The minimum atomic E-state index is -0.148. The van der Waals surface area contributed by atoms with Gasteiger partial charge in [-0.2, -0.15) is 0 Å². The third-order valence-corrected chi connectivity index (χ3v) is 4.82. The van der Waals surface area contributed by atoms with Crippen molar-refractivity contribution in [2.75, 3.05) is 18.5 Å². The number of carbonyl (C=O) groups is 1. The van der Waals surface area contributed by atoms with Gasteiger partial charge in [0, 0.05) is 17.9 Å². The second kappa shape index (κ2) is 8.52. The second-order valence-corrected chi connectivity index (χ2v) is 6.87. The minimum absolute atomic E-state index is 0.148. The van der Waals surface area contributed by atoms with Crippen molar-refractivity contribution in [3.05, 3.63) is 52.5 Å². The van der Waals surface area contributed by atoms with Gasteiger partial charge in [-0.15, -0.1) is 0 Å². The van der Waals surface area contributed by atoms with Gasteiger partial charge in [0.2, 0.25) is 0 Å². The van der Waals surface area contributed by atoms with Crippen molar-refractivity contribution in [3.63, 3.8) is 0 Å². The molecule has 0 bridgehead atoms. The number of ether oxygens (including phenoxy) is 2. The topological polar surface area (TPSA) is 60.7 Å². The van der Waals surface area contributed by atoms with E-state index in [1.165, 1.54) is 6.42 Å². The number of hydrogen-bond donors (Lipinski definition) is 1. The Balaban J connectivity index is 1.57. The normalized spacial score (nSPS) is 17.3. The van der Waals surface area contributed by atoms with Crippen molar-refractivity contribution < 1.29 is 18.7 Å². The summed E-state index contributed by atoms with van der Waals surface area (Å²) in [6, 6.07) is 7.74. The Bertz CT molecular complexity index is 759. The maximum absolute atomic E-state index is 12.6. The number of nitrogens with one attached hydrogen (secondary N) is 1. The smallest absolute Gasteiger partial charge is 0.259 e. The van der Waals surface area contributed by atoms with Crippen LogP contribution in [0, 0.1) is 20.8 Å². The van der Waals surface area contributed by atoms with E-state index in [1.807, 2.05) is 45.0 Å². The van der Waals surface area contributed by atoms with E-state index in [-0.39, 0.29) is 12.0 Å². The lowest BCUT2D eigenvalue weighted by atomic mass is 10.1. The lowest BCUT2D eigenvalue weighted by Gasteiger charge is -2.22. The van der Waals surface area contributed by atoms with E-state index in [0.29, 0.717) is 24.5 Å². The SMILES string of the molecule is Cc1oc(C)c(C(=O)Nc2cccc(COCC3CCCCO3)c2)c1C. The number of hydrogen-bond acceptors (Lipinski definition) is 4. The van der Waals surface area contributed by atoms with E-state index < -0.39 is 0 Å². The van der Waals surface area contributed by atoms with Crippen molar-refractivity contribution in [1.29, 1.82) is 0 Å². The van der Waals surface area contributed by atoms with E-state index in [1.54, 1.807) is 0 Å². The van der Waals surface area contributed by atoms with Crippen LogP contribution in [0.15, 0.2) is 28.7 Å². The van der Waals surface area contributed by atoms with Gasteiger partial charge >= 0.3 is 0 Å². The first-order chi connectivity index (χ1) is 12.5. The Morgan fingerprint density at radius 3 is 2.77 bits per heavy atom. The van der Waals surface area contributed by atoms with Gasteiger partial charge in [0.25, 0.3) is 5.91 Å². The number of benzene rings is 1. The number of amides is 1. The summed E-state index contributed by atoms with van der Waals surface area (Å²) in [5.74, 6) is 1.27. The molecule has 1 aliphatic rings. The number of anilines is 1. The molecule has 5 heteroatoms. The molecule has 1 fully saturated rings. The molecule has 2 aromatic rings. The molecule has 1 aromatic heterocycles. The minimum Gasteiger partial charge on any atom is -0.466 e. The van der Waals surface area contributed by atoms with E-state index >= 15 is 0 Å². The summed E-state index contributed by atoms with van der Waals surface area (Å²) in [4.78, 5) is 12.6. The highest BCUT2D eigenvalue weighted by Crippen LogP contribution is 2.22. The van der Waals surface area contributed by atoms with Crippen molar-refractivity contribution in [3.8, 4) is 0 Å². The molecule has 0 radical (unpaired) electrons. The van der Waals surface area contributed by atoms with Crippen LogP contribution >= 0.6 is 0 Å². The molecule has 0 aliphatic carbocycles. The van der Waals surface area contributed by atoms with Crippen LogP contribution < -0.4 is 5.32 Å². The number of furan rings is 1. The molecule has 1 amide bonds. The van der Waals surface area contributed by atoms with E-state index in [2.05, 4.69) is 5.32 Å². The lowest BCUT2D eigenvalue weighted by molar-refractivity contribution is -0.0447. The molecular formula is C21H27NO4. The highest BCUT2D eigenvalue weighted by atomic mass is 16.5. The van der Waals surface area contributed by atoms with Gasteiger partial charge in [-0.1, -0.05) is 12.1 Å². The molecule has 1 aliphatic heterocycles. The first-order valence-electron chi connectivity index (χ1n) is 9.21. The van der Waals surface area contributed by atoms with Crippen LogP contribution in [0.25, 0.3) is 0 Å². The average molecular weight is 357 g/mol. The molecule has 3 rings (SSSR count). The lowest BCUT2D eigenvalue weighted by Crippen LogP contribution is -2.24. The Morgan fingerprint density at radius 2 is 2.08 bits per heavy atom. The zero-order valence-corrected chi connectivity index (χ0v) is 15.8. The molecule has 1 unspecified atom stereocenters. The first-order valence-corrected chi connectivity index (χ1v) is 9.21. The summed E-state index contributed by atoms with van der Waals surface area (Å²) in [6.07, 6.45) is 3.63. The zero-order chi connectivity index (χ0) is 18.5. The molecule has 26 heavy (non-hydrogen) atoms. The van der Waals surface area contributed by atoms with Gasteiger partial charge in [-0.25, -0.2) is 0 Å². The molecule has 1 aromatic carbocycles. The highest BCUT2D eigenvalue weighted by Gasteiger charge is 2.18. The van der Waals surface area contributed by atoms with Crippen LogP contribution in [-0.2, 0) is 16.1 Å². The summed E-state index contributed by atoms with van der Waals surface area (Å²) in [5.41, 5.74) is 3.27. The molecule has 1 atom stereocenters. The average Bonchev–Trinajstić information content (AvgIpc) is 2.88. The summed E-state index contributed by atoms with van der Waals surface area (Å²) in [5, 5.41) is 2.95. The van der Waals surface area contributed by atoms with Crippen LogP contribution in [0.4, 0.5) is 5.69 Å². The highest BCUT2D eigenvalue weighted by molar-refractivity contribution is 6.06. The summed E-state index contributed by atoms with van der Waals surface area (Å²) >= 11 is 0. The van der Waals surface area contributed by atoms with Crippen LogP contribution in [0.5, 0.6) is 0 Å². The Hall–Kier alpha value is -2.11. The summed E-state index contributed by atoms with van der Waals surface area (Å²) in [6.45, 7) is 7.54. The monoisotopic (exact) mass is 357 g/mol. The number of rotatable bonds is 6. The Kier molecular flexibility index (Phi) is 6.12. The fourth-order valence-electron chi connectivity index (χ4n) is 3.31. The largest absolute Gasteiger partial charge is 0.466 e. The fourth-order valence-corrected chi connectivity index (χ4v) is 3.31. The van der Waals surface area contributed by atoms with E-state index in [9.17, 15) is 4.79 Å². The Labute approximate surface area is 154 Å². The summed E-state index contributed by atoms with van der Waals surface area (Å²) < 4.78 is 17.0. The molecule has 140 valence electrons. The van der Waals surface area contributed by atoms with Crippen molar-refractivity contribution >= 4 is 11.6 Å². The van der Waals surface area contributed by atoms with Crippen LogP contribution in [0.2, 0.25) is 0 Å². The first kappa shape index (κ1) is 18.7.